The van der Waals surface area contributed by atoms with Gasteiger partial charge in [-0.15, -0.1) is 0 Å². The van der Waals surface area contributed by atoms with Gasteiger partial charge in [-0.25, -0.2) is 4.39 Å². The second kappa shape index (κ2) is 10.6. The molecule has 3 rings (SSSR count). The van der Waals surface area contributed by atoms with Gasteiger partial charge < -0.3 is 19.9 Å². The smallest absolute Gasteiger partial charge is 0.239 e. The zero-order chi connectivity index (χ0) is 21.5. The third-order valence-electron chi connectivity index (χ3n) is 5.85. The number of aliphatic imine (C=N–C) groups is 1. The van der Waals surface area contributed by atoms with Gasteiger partial charge in [0.15, 0.2) is 5.96 Å². The van der Waals surface area contributed by atoms with E-state index in [4.69, 9.17) is 4.74 Å². The first-order valence-electron chi connectivity index (χ1n) is 10.9. The number of carbonyl (C=O) groups is 1. The average molecular weight is 420 g/mol. The molecule has 0 aliphatic carbocycles. The number of guanidine groups is 1. The van der Waals surface area contributed by atoms with Crippen molar-refractivity contribution in [1.29, 1.82) is 0 Å². The van der Waals surface area contributed by atoms with E-state index in [-0.39, 0.29) is 23.9 Å². The molecular weight excluding hydrogens is 385 g/mol. The second-order valence-electron chi connectivity index (χ2n) is 8.04. The number of carbonyl (C=O) groups excluding carboxylic acids is 1. The molecule has 0 spiro atoms. The summed E-state index contributed by atoms with van der Waals surface area (Å²) in [5.74, 6) is 1.47. The molecule has 2 atom stereocenters. The van der Waals surface area contributed by atoms with E-state index < -0.39 is 0 Å². The predicted molar refractivity (Wildman–Crippen MR) is 116 cm³/mol. The molecule has 0 radical (unpaired) electrons. The van der Waals surface area contributed by atoms with Crippen LogP contribution in [-0.2, 0) is 4.79 Å². The van der Waals surface area contributed by atoms with Crippen molar-refractivity contribution < 1.29 is 13.9 Å². The van der Waals surface area contributed by atoms with Crippen molar-refractivity contribution in [2.45, 2.75) is 38.8 Å². The Bertz CT molecular complexity index is 713. The molecule has 2 fully saturated rings. The standard InChI is InChI=1S/C22H34FN5O2/c1-17(30-20-8-6-19(23)7-9-20)16-25-22(24-3)28-14-12-26(13-15-28)18(2)21(29)27-10-4-5-11-27/h6-9,17-18H,4-5,10-16H2,1-3H3,(H,24,25). The Morgan fingerprint density at radius 3 is 2.30 bits per heavy atom. The van der Waals surface area contributed by atoms with Crippen molar-refractivity contribution in [3.63, 3.8) is 0 Å². The van der Waals surface area contributed by atoms with Gasteiger partial charge in [0.25, 0.3) is 0 Å². The maximum absolute atomic E-state index is 13.0. The number of piperazine rings is 1. The summed E-state index contributed by atoms with van der Waals surface area (Å²) in [4.78, 5) is 23.6. The quantitative estimate of drug-likeness (QED) is 0.563. The van der Waals surface area contributed by atoms with Crippen molar-refractivity contribution in [3.05, 3.63) is 30.1 Å². The van der Waals surface area contributed by atoms with Crippen LogP contribution in [0.5, 0.6) is 5.75 Å². The van der Waals surface area contributed by atoms with Gasteiger partial charge in [0, 0.05) is 46.3 Å². The molecule has 1 aromatic rings. The van der Waals surface area contributed by atoms with Crippen LogP contribution in [0.4, 0.5) is 4.39 Å². The first kappa shape index (κ1) is 22.3. The van der Waals surface area contributed by atoms with E-state index in [1.54, 1.807) is 19.2 Å². The molecule has 1 N–H and O–H groups in total. The Morgan fingerprint density at radius 1 is 1.07 bits per heavy atom. The third-order valence-corrected chi connectivity index (χ3v) is 5.85. The highest BCUT2D eigenvalue weighted by atomic mass is 19.1. The van der Waals surface area contributed by atoms with Gasteiger partial charge in [0.05, 0.1) is 12.6 Å². The Labute approximate surface area is 178 Å². The molecule has 2 aliphatic heterocycles. The monoisotopic (exact) mass is 419 g/mol. The highest BCUT2D eigenvalue weighted by Gasteiger charge is 2.30. The molecule has 0 saturated carbocycles. The fraction of sp³-hybridized carbons (Fsp3) is 0.636. The molecule has 7 nitrogen and oxygen atoms in total. The Kier molecular flexibility index (Phi) is 7.90. The lowest BCUT2D eigenvalue weighted by atomic mass is 10.2. The first-order chi connectivity index (χ1) is 14.5. The highest BCUT2D eigenvalue weighted by molar-refractivity contribution is 5.82. The Morgan fingerprint density at radius 2 is 1.70 bits per heavy atom. The second-order valence-corrected chi connectivity index (χ2v) is 8.04. The van der Waals surface area contributed by atoms with Crippen molar-refractivity contribution in [1.82, 2.24) is 20.0 Å². The number of rotatable bonds is 6. The molecule has 166 valence electrons. The summed E-state index contributed by atoms with van der Waals surface area (Å²) < 4.78 is 18.8. The number of amides is 1. The molecule has 1 amide bonds. The van der Waals surface area contributed by atoms with Crippen LogP contribution in [-0.4, -0.2) is 91.6 Å². The lowest BCUT2D eigenvalue weighted by Gasteiger charge is -2.39. The molecule has 0 bridgehead atoms. The number of nitrogens with zero attached hydrogens (tertiary/aromatic N) is 4. The van der Waals surface area contributed by atoms with Gasteiger partial charge in [-0.05, 0) is 51.0 Å². The number of hydrogen-bond acceptors (Lipinski definition) is 4. The van der Waals surface area contributed by atoms with Crippen LogP contribution in [0, 0.1) is 5.82 Å². The molecule has 2 unspecified atom stereocenters. The van der Waals surface area contributed by atoms with Crippen molar-refractivity contribution >= 4 is 11.9 Å². The average Bonchev–Trinajstić information content (AvgIpc) is 3.30. The van der Waals surface area contributed by atoms with Gasteiger partial charge in [-0.2, -0.15) is 0 Å². The van der Waals surface area contributed by atoms with E-state index in [0.717, 1.165) is 58.1 Å². The molecule has 30 heavy (non-hydrogen) atoms. The van der Waals surface area contributed by atoms with Crippen LogP contribution < -0.4 is 10.1 Å². The van der Waals surface area contributed by atoms with E-state index >= 15 is 0 Å². The summed E-state index contributed by atoms with van der Waals surface area (Å²) in [7, 11) is 1.78. The minimum absolute atomic E-state index is 0.0654. The molecule has 0 aromatic heterocycles. The maximum Gasteiger partial charge on any atom is 0.239 e. The Hall–Kier alpha value is -2.35. The van der Waals surface area contributed by atoms with Crippen molar-refractivity contribution in [2.75, 3.05) is 52.9 Å². The van der Waals surface area contributed by atoms with Crippen LogP contribution in [0.15, 0.2) is 29.3 Å². The highest BCUT2D eigenvalue weighted by Crippen LogP contribution is 2.15. The minimum atomic E-state index is -0.274. The number of nitrogens with one attached hydrogen (secondary N) is 1. The molecule has 2 heterocycles. The molecular formula is C22H34FN5O2. The maximum atomic E-state index is 13.0. The number of benzene rings is 1. The van der Waals surface area contributed by atoms with Crippen molar-refractivity contribution in [3.8, 4) is 5.75 Å². The van der Waals surface area contributed by atoms with Gasteiger partial charge in [0.2, 0.25) is 5.91 Å². The van der Waals surface area contributed by atoms with Crippen LogP contribution in [0.1, 0.15) is 26.7 Å². The first-order valence-corrected chi connectivity index (χ1v) is 10.9. The largest absolute Gasteiger partial charge is 0.489 e. The van der Waals surface area contributed by atoms with Gasteiger partial charge in [0.1, 0.15) is 17.7 Å². The van der Waals surface area contributed by atoms with Crippen molar-refractivity contribution in [2.24, 2.45) is 4.99 Å². The zero-order valence-corrected chi connectivity index (χ0v) is 18.3. The summed E-state index contributed by atoms with van der Waals surface area (Å²) in [6.07, 6.45) is 2.15. The molecule has 8 heteroatoms. The Balaban J connectivity index is 1.43. The van der Waals surface area contributed by atoms with Crippen LogP contribution in [0.25, 0.3) is 0 Å². The summed E-state index contributed by atoms with van der Waals surface area (Å²) in [5, 5.41) is 3.37. The lowest BCUT2D eigenvalue weighted by Crippen LogP contribution is -2.57. The van der Waals surface area contributed by atoms with Gasteiger partial charge in [-0.3, -0.25) is 14.7 Å². The molecule has 2 aliphatic rings. The minimum Gasteiger partial charge on any atom is -0.489 e. The third kappa shape index (κ3) is 5.84. The molecule has 2 saturated heterocycles. The SMILES string of the molecule is CN=C(NCC(C)Oc1ccc(F)cc1)N1CCN(C(C)C(=O)N2CCCC2)CC1. The van der Waals surface area contributed by atoms with Gasteiger partial charge in [-0.1, -0.05) is 0 Å². The zero-order valence-electron chi connectivity index (χ0n) is 18.3. The predicted octanol–water partition coefficient (Wildman–Crippen LogP) is 1.80. The number of hydrogen-bond donors (Lipinski definition) is 1. The summed E-state index contributed by atoms with van der Waals surface area (Å²) in [6.45, 7) is 9.70. The number of likely N-dealkylation sites (tertiary alicyclic amines) is 1. The van der Waals surface area contributed by atoms with Crippen LogP contribution in [0.2, 0.25) is 0 Å². The summed E-state index contributed by atoms with van der Waals surface area (Å²) >= 11 is 0. The van der Waals surface area contributed by atoms with E-state index in [1.807, 2.05) is 18.7 Å². The topological polar surface area (TPSA) is 60.4 Å². The fourth-order valence-corrected chi connectivity index (χ4v) is 4.03. The van der Waals surface area contributed by atoms with Crippen LogP contribution >= 0.6 is 0 Å². The lowest BCUT2D eigenvalue weighted by molar-refractivity contribution is -0.135. The van der Waals surface area contributed by atoms with E-state index in [2.05, 4.69) is 20.1 Å². The summed E-state index contributed by atoms with van der Waals surface area (Å²) in [5.41, 5.74) is 0. The van der Waals surface area contributed by atoms with E-state index in [9.17, 15) is 9.18 Å². The van der Waals surface area contributed by atoms with Gasteiger partial charge >= 0.3 is 0 Å². The van der Waals surface area contributed by atoms with E-state index in [1.165, 1.54) is 12.1 Å². The summed E-state index contributed by atoms with van der Waals surface area (Å²) in [6, 6.07) is 5.98. The van der Waals surface area contributed by atoms with E-state index in [0.29, 0.717) is 12.3 Å². The number of halogens is 1. The fourth-order valence-electron chi connectivity index (χ4n) is 4.03. The molecule has 1 aromatic carbocycles. The number of ether oxygens (including phenoxy) is 1. The van der Waals surface area contributed by atoms with Crippen LogP contribution in [0.3, 0.4) is 0 Å². The normalized spacial score (nSPS) is 20.2.